The molecule has 1 amide bonds. The maximum Gasteiger partial charge on any atom is 0.408 e. The number of esters is 1. The number of nitrogens with one attached hydrogen (secondary N) is 1. The molecule has 8 heteroatoms. The van der Waals surface area contributed by atoms with Crippen molar-refractivity contribution < 1.29 is 23.5 Å². The molecule has 31 heavy (non-hydrogen) atoms. The zero-order chi connectivity index (χ0) is 22.4. The third-order valence-electron chi connectivity index (χ3n) is 4.58. The molecular formula is C23H22ClNO6. The molecule has 1 heterocycles. The number of benzene rings is 2. The fourth-order valence-electron chi connectivity index (χ4n) is 3.02. The predicted octanol–water partition coefficient (Wildman–Crippen LogP) is 4.76. The van der Waals surface area contributed by atoms with Gasteiger partial charge in [0.25, 0.3) is 0 Å². The number of halogens is 1. The van der Waals surface area contributed by atoms with Crippen LogP contribution < -0.4 is 15.7 Å². The number of carbonyl (C=O) groups excluding carboxylic acids is 2. The predicted molar refractivity (Wildman–Crippen MR) is 116 cm³/mol. The minimum absolute atomic E-state index is 0.0356. The zero-order valence-electron chi connectivity index (χ0n) is 17.1. The van der Waals surface area contributed by atoms with Crippen molar-refractivity contribution in [1.29, 1.82) is 0 Å². The Labute approximate surface area is 183 Å². The monoisotopic (exact) mass is 443 g/mol. The number of hydrogen-bond acceptors (Lipinski definition) is 6. The summed E-state index contributed by atoms with van der Waals surface area (Å²) in [4.78, 5) is 36.5. The first-order valence-corrected chi connectivity index (χ1v) is 10.2. The van der Waals surface area contributed by atoms with Crippen LogP contribution in [0.3, 0.4) is 0 Å². The Morgan fingerprint density at radius 2 is 1.90 bits per heavy atom. The Bertz CT molecular complexity index is 1140. The molecule has 0 aliphatic carbocycles. The third kappa shape index (κ3) is 5.86. The number of ether oxygens (including phenoxy) is 2. The Morgan fingerprint density at radius 3 is 2.61 bits per heavy atom. The number of alkyl carbamates (subject to hydrolysis) is 1. The number of amides is 1. The van der Waals surface area contributed by atoms with E-state index in [-0.39, 0.29) is 23.0 Å². The Kier molecular flexibility index (Phi) is 7.31. The smallest absolute Gasteiger partial charge is 0.408 e. The summed E-state index contributed by atoms with van der Waals surface area (Å²) in [5, 5.41) is 3.35. The van der Waals surface area contributed by atoms with Gasteiger partial charge in [0.2, 0.25) is 0 Å². The number of hydrogen-bond donors (Lipinski definition) is 1. The lowest BCUT2D eigenvalue weighted by Crippen LogP contribution is -2.43. The van der Waals surface area contributed by atoms with E-state index in [4.69, 9.17) is 25.5 Å². The highest BCUT2D eigenvalue weighted by molar-refractivity contribution is 6.33. The molecule has 1 N–H and O–H groups in total. The van der Waals surface area contributed by atoms with Crippen molar-refractivity contribution in [2.24, 2.45) is 0 Å². The average Bonchev–Trinajstić information content (AvgIpc) is 2.74. The van der Waals surface area contributed by atoms with E-state index in [1.54, 1.807) is 13.0 Å². The highest BCUT2D eigenvalue weighted by atomic mass is 35.5. The molecule has 0 bridgehead atoms. The zero-order valence-corrected chi connectivity index (χ0v) is 17.9. The quantitative estimate of drug-likeness (QED) is 0.321. The van der Waals surface area contributed by atoms with Gasteiger partial charge in [-0.15, -0.1) is 0 Å². The van der Waals surface area contributed by atoms with Gasteiger partial charge < -0.3 is 19.2 Å². The first-order valence-electron chi connectivity index (χ1n) is 9.80. The lowest BCUT2D eigenvalue weighted by molar-refractivity contribution is -0.136. The topological polar surface area (TPSA) is 94.8 Å². The summed E-state index contributed by atoms with van der Waals surface area (Å²) >= 11 is 6.26. The summed E-state index contributed by atoms with van der Waals surface area (Å²) in [6.45, 7) is 3.71. The van der Waals surface area contributed by atoms with Crippen LogP contribution >= 0.6 is 11.6 Å². The first kappa shape index (κ1) is 22.4. The highest BCUT2D eigenvalue weighted by Gasteiger charge is 2.24. The van der Waals surface area contributed by atoms with Crippen molar-refractivity contribution in [2.45, 2.75) is 39.3 Å². The van der Waals surface area contributed by atoms with E-state index in [0.717, 1.165) is 5.56 Å². The van der Waals surface area contributed by atoms with Crippen LogP contribution in [-0.4, -0.2) is 18.1 Å². The van der Waals surface area contributed by atoms with E-state index in [2.05, 4.69) is 5.32 Å². The fraction of sp³-hybridized carbons (Fsp3) is 0.261. The molecule has 7 nitrogen and oxygen atoms in total. The summed E-state index contributed by atoms with van der Waals surface area (Å²) < 4.78 is 15.8. The van der Waals surface area contributed by atoms with Gasteiger partial charge in [0.1, 0.15) is 18.2 Å². The molecule has 162 valence electrons. The minimum Gasteiger partial charge on any atom is -0.445 e. The van der Waals surface area contributed by atoms with Crippen LogP contribution in [-0.2, 0) is 16.1 Å². The summed E-state index contributed by atoms with van der Waals surface area (Å²) in [6, 6.07) is 12.6. The van der Waals surface area contributed by atoms with Gasteiger partial charge >= 0.3 is 17.7 Å². The standard InChI is InChI=1S/C23H22ClNO6/c1-3-7-18(25-23(28)29-13-15-8-5-4-6-9-15)22(27)31-20-12-19-16(11-17(20)24)14(2)10-21(26)30-19/h4-6,8-12,18H,3,7,13H2,1-2H3,(H,25,28). The molecule has 1 unspecified atom stereocenters. The normalized spacial score (nSPS) is 11.7. The number of carbonyl (C=O) groups is 2. The second kappa shape index (κ2) is 10.1. The molecule has 0 aliphatic heterocycles. The van der Waals surface area contributed by atoms with Crippen molar-refractivity contribution >= 4 is 34.6 Å². The maximum absolute atomic E-state index is 12.7. The van der Waals surface area contributed by atoms with E-state index in [0.29, 0.717) is 23.8 Å². The van der Waals surface area contributed by atoms with E-state index >= 15 is 0 Å². The molecule has 3 rings (SSSR count). The Hall–Kier alpha value is -3.32. The molecule has 1 atom stereocenters. The Morgan fingerprint density at radius 1 is 1.16 bits per heavy atom. The largest absolute Gasteiger partial charge is 0.445 e. The molecule has 2 aromatic carbocycles. The van der Waals surface area contributed by atoms with E-state index in [1.807, 2.05) is 37.3 Å². The van der Waals surface area contributed by atoms with Crippen LogP contribution in [0, 0.1) is 6.92 Å². The molecule has 1 aromatic heterocycles. The highest BCUT2D eigenvalue weighted by Crippen LogP contribution is 2.31. The van der Waals surface area contributed by atoms with Crippen LogP contribution in [0.1, 0.15) is 30.9 Å². The molecule has 0 radical (unpaired) electrons. The van der Waals surface area contributed by atoms with Crippen molar-refractivity contribution in [1.82, 2.24) is 5.32 Å². The number of fused-ring (bicyclic) bond motifs is 1. The molecule has 0 fully saturated rings. The molecular weight excluding hydrogens is 422 g/mol. The summed E-state index contributed by atoms with van der Waals surface area (Å²) in [6.07, 6.45) is 0.238. The van der Waals surface area contributed by atoms with E-state index < -0.39 is 23.7 Å². The Balaban J connectivity index is 1.70. The number of rotatable bonds is 7. The van der Waals surface area contributed by atoms with Crippen LogP contribution in [0.2, 0.25) is 5.02 Å². The molecule has 0 saturated heterocycles. The van der Waals surface area contributed by atoms with Gasteiger partial charge in [0, 0.05) is 17.5 Å². The van der Waals surface area contributed by atoms with Gasteiger partial charge in [-0.1, -0.05) is 55.3 Å². The lowest BCUT2D eigenvalue weighted by atomic mass is 10.1. The van der Waals surface area contributed by atoms with Crippen molar-refractivity contribution in [3.05, 3.63) is 75.1 Å². The molecule has 0 spiro atoms. The summed E-state index contributed by atoms with van der Waals surface area (Å²) in [5.41, 5.74) is 1.25. The van der Waals surface area contributed by atoms with Crippen molar-refractivity contribution in [3.8, 4) is 5.75 Å². The first-order chi connectivity index (χ1) is 14.9. The molecule has 0 aliphatic rings. The maximum atomic E-state index is 12.7. The summed E-state index contributed by atoms with van der Waals surface area (Å²) in [5.74, 6) is -0.664. The van der Waals surface area contributed by atoms with Gasteiger partial charge in [-0.2, -0.15) is 0 Å². The van der Waals surface area contributed by atoms with Crippen LogP contribution in [0.5, 0.6) is 5.75 Å². The average molecular weight is 444 g/mol. The second-order valence-corrected chi connectivity index (χ2v) is 7.40. The lowest BCUT2D eigenvalue weighted by Gasteiger charge is -2.17. The van der Waals surface area contributed by atoms with Gasteiger partial charge in [0.15, 0.2) is 5.75 Å². The van der Waals surface area contributed by atoms with Gasteiger partial charge in [-0.3, -0.25) is 0 Å². The van der Waals surface area contributed by atoms with Crippen molar-refractivity contribution in [3.63, 3.8) is 0 Å². The third-order valence-corrected chi connectivity index (χ3v) is 4.88. The fourth-order valence-corrected chi connectivity index (χ4v) is 3.22. The van der Waals surface area contributed by atoms with Gasteiger partial charge in [0.05, 0.1) is 5.02 Å². The van der Waals surface area contributed by atoms with Gasteiger partial charge in [-0.25, -0.2) is 14.4 Å². The molecule has 0 saturated carbocycles. The van der Waals surface area contributed by atoms with Crippen LogP contribution in [0.4, 0.5) is 4.79 Å². The van der Waals surface area contributed by atoms with Crippen molar-refractivity contribution in [2.75, 3.05) is 0 Å². The van der Waals surface area contributed by atoms with Crippen LogP contribution in [0.15, 0.2) is 57.7 Å². The number of aryl methyl sites for hydroxylation is 1. The van der Waals surface area contributed by atoms with Crippen LogP contribution in [0.25, 0.3) is 11.0 Å². The van der Waals surface area contributed by atoms with E-state index in [9.17, 15) is 14.4 Å². The SMILES string of the molecule is CCCC(NC(=O)OCc1ccccc1)C(=O)Oc1cc2oc(=O)cc(C)c2cc1Cl. The summed E-state index contributed by atoms with van der Waals surface area (Å²) in [7, 11) is 0. The second-order valence-electron chi connectivity index (χ2n) is 7.00. The van der Waals surface area contributed by atoms with Gasteiger partial charge in [-0.05, 0) is 30.5 Å². The van der Waals surface area contributed by atoms with E-state index in [1.165, 1.54) is 12.1 Å². The minimum atomic E-state index is -0.926. The molecule has 3 aromatic rings.